The van der Waals surface area contributed by atoms with E-state index in [0.29, 0.717) is 13.0 Å². The van der Waals surface area contributed by atoms with Gasteiger partial charge in [0.25, 0.3) is 0 Å². The molecule has 116 valence electrons. The number of benzene rings is 2. The van der Waals surface area contributed by atoms with Gasteiger partial charge in [0, 0.05) is 19.0 Å². The van der Waals surface area contributed by atoms with Gasteiger partial charge < -0.3 is 11.1 Å². The monoisotopic (exact) mass is 300 g/mol. The number of carbonyl (C=O) groups excluding carboxylic acids is 1. The van der Waals surface area contributed by atoms with Gasteiger partial charge in [-0.1, -0.05) is 49.4 Å². The number of carbonyl (C=O) groups is 1. The Kier molecular flexibility index (Phi) is 5.67. The number of nitrogens with two attached hydrogens (primary N) is 1. The highest BCUT2D eigenvalue weighted by molar-refractivity contribution is 5.76. The Morgan fingerprint density at radius 1 is 1.14 bits per heavy atom. The maximum absolute atomic E-state index is 13.2. The average molecular weight is 300 g/mol. The number of rotatable bonds is 6. The molecule has 2 aromatic carbocycles. The van der Waals surface area contributed by atoms with Crippen molar-refractivity contribution in [1.82, 2.24) is 5.32 Å². The van der Waals surface area contributed by atoms with E-state index in [9.17, 15) is 9.18 Å². The van der Waals surface area contributed by atoms with Crippen molar-refractivity contribution in [2.45, 2.75) is 25.3 Å². The lowest BCUT2D eigenvalue weighted by Crippen LogP contribution is -2.32. The normalized spacial score (nSPS) is 13.4. The van der Waals surface area contributed by atoms with E-state index >= 15 is 0 Å². The molecule has 2 rings (SSSR count). The SMILES string of the molecule is CC(CC(=O)NCC(N)c1ccccc1)c1cccc(F)c1. The van der Waals surface area contributed by atoms with Gasteiger partial charge in [0.05, 0.1) is 0 Å². The summed E-state index contributed by atoms with van der Waals surface area (Å²) in [4.78, 5) is 12.0. The predicted octanol–water partition coefficient (Wildman–Crippen LogP) is 3.14. The zero-order chi connectivity index (χ0) is 15.9. The lowest BCUT2D eigenvalue weighted by atomic mass is 9.97. The maximum Gasteiger partial charge on any atom is 0.220 e. The molecule has 3 N–H and O–H groups in total. The zero-order valence-corrected chi connectivity index (χ0v) is 12.6. The number of amides is 1. The Morgan fingerprint density at radius 2 is 1.82 bits per heavy atom. The first kappa shape index (κ1) is 16.2. The lowest BCUT2D eigenvalue weighted by molar-refractivity contribution is -0.121. The summed E-state index contributed by atoms with van der Waals surface area (Å²) in [7, 11) is 0. The van der Waals surface area contributed by atoms with Crippen LogP contribution < -0.4 is 11.1 Å². The number of hydrogen-bond acceptors (Lipinski definition) is 2. The molecular weight excluding hydrogens is 279 g/mol. The Morgan fingerprint density at radius 3 is 2.50 bits per heavy atom. The third-order valence-electron chi connectivity index (χ3n) is 3.66. The summed E-state index contributed by atoms with van der Waals surface area (Å²) in [6.45, 7) is 2.30. The van der Waals surface area contributed by atoms with E-state index in [1.807, 2.05) is 43.3 Å². The molecule has 3 nitrogen and oxygen atoms in total. The highest BCUT2D eigenvalue weighted by Gasteiger charge is 2.13. The van der Waals surface area contributed by atoms with Gasteiger partial charge in [-0.15, -0.1) is 0 Å². The van der Waals surface area contributed by atoms with E-state index < -0.39 is 0 Å². The minimum absolute atomic E-state index is 0.0383. The van der Waals surface area contributed by atoms with Crippen molar-refractivity contribution in [2.24, 2.45) is 5.73 Å². The quantitative estimate of drug-likeness (QED) is 0.861. The van der Waals surface area contributed by atoms with Crippen molar-refractivity contribution >= 4 is 5.91 Å². The largest absolute Gasteiger partial charge is 0.354 e. The fraction of sp³-hybridized carbons (Fsp3) is 0.278. The molecule has 0 spiro atoms. The van der Waals surface area contributed by atoms with E-state index in [2.05, 4.69) is 5.32 Å². The van der Waals surface area contributed by atoms with Crippen molar-refractivity contribution in [3.8, 4) is 0 Å². The molecule has 22 heavy (non-hydrogen) atoms. The predicted molar refractivity (Wildman–Crippen MR) is 85.8 cm³/mol. The van der Waals surface area contributed by atoms with Crippen molar-refractivity contribution < 1.29 is 9.18 Å². The first-order valence-corrected chi connectivity index (χ1v) is 7.39. The van der Waals surface area contributed by atoms with E-state index in [1.54, 1.807) is 6.07 Å². The van der Waals surface area contributed by atoms with Gasteiger partial charge in [0.2, 0.25) is 5.91 Å². The summed E-state index contributed by atoms with van der Waals surface area (Å²) in [5, 5.41) is 2.84. The van der Waals surface area contributed by atoms with Crippen LogP contribution in [0.4, 0.5) is 4.39 Å². The van der Waals surface area contributed by atoms with Crippen LogP contribution >= 0.6 is 0 Å². The molecule has 1 amide bonds. The molecule has 2 unspecified atom stereocenters. The molecule has 0 saturated carbocycles. The number of halogens is 1. The number of nitrogens with one attached hydrogen (secondary N) is 1. The first-order valence-electron chi connectivity index (χ1n) is 7.39. The summed E-state index contributed by atoms with van der Waals surface area (Å²) < 4.78 is 13.2. The molecule has 2 aromatic rings. The summed E-state index contributed by atoms with van der Waals surface area (Å²) in [6.07, 6.45) is 0.310. The van der Waals surface area contributed by atoms with Gasteiger partial charge >= 0.3 is 0 Å². The van der Waals surface area contributed by atoms with E-state index in [0.717, 1.165) is 11.1 Å². The summed E-state index contributed by atoms with van der Waals surface area (Å²) in [6, 6.07) is 15.8. The molecule has 0 heterocycles. The molecule has 0 bridgehead atoms. The van der Waals surface area contributed by atoms with Crippen LogP contribution in [0.2, 0.25) is 0 Å². The highest BCUT2D eigenvalue weighted by atomic mass is 19.1. The lowest BCUT2D eigenvalue weighted by Gasteiger charge is -2.15. The molecule has 0 aromatic heterocycles. The van der Waals surface area contributed by atoms with Gasteiger partial charge in [-0.3, -0.25) is 4.79 Å². The third-order valence-corrected chi connectivity index (χ3v) is 3.66. The second-order valence-electron chi connectivity index (χ2n) is 5.48. The number of hydrogen-bond donors (Lipinski definition) is 2. The minimum Gasteiger partial charge on any atom is -0.354 e. The van der Waals surface area contributed by atoms with Crippen molar-refractivity contribution in [3.63, 3.8) is 0 Å². The van der Waals surface area contributed by atoms with Gasteiger partial charge in [0.1, 0.15) is 5.82 Å². The Hall–Kier alpha value is -2.20. The Bertz CT molecular complexity index is 615. The third kappa shape index (κ3) is 4.67. The fourth-order valence-corrected chi connectivity index (χ4v) is 2.32. The second kappa shape index (κ2) is 7.71. The Labute approximate surface area is 130 Å². The smallest absolute Gasteiger partial charge is 0.220 e. The van der Waals surface area contributed by atoms with Crippen LogP contribution in [0, 0.1) is 5.82 Å². The summed E-state index contributed by atoms with van der Waals surface area (Å²) in [5.41, 5.74) is 7.85. The first-order chi connectivity index (χ1) is 10.6. The molecule has 0 aliphatic heterocycles. The highest BCUT2D eigenvalue weighted by Crippen LogP contribution is 2.19. The molecule has 0 saturated heterocycles. The molecule has 0 aliphatic carbocycles. The average Bonchev–Trinajstić information content (AvgIpc) is 2.53. The standard InChI is InChI=1S/C18H21FN2O/c1-13(15-8-5-9-16(19)11-15)10-18(22)21-12-17(20)14-6-3-2-4-7-14/h2-9,11,13,17H,10,12,20H2,1H3,(H,21,22). The van der Waals surface area contributed by atoms with E-state index in [1.165, 1.54) is 12.1 Å². The van der Waals surface area contributed by atoms with Gasteiger partial charge in [-0.05, 0) is 29.2 Å². The molecule has 0 aliphatic rings. The van der Waals surface area contributed by atoms with Gasteiger partial charge in [-0.2, -0.15) is 0 Å². The maximum atomic E-state index is 13.2. The van der Waals surface area contributed by atoms with Crippen molar-refractivity contribution in [2.75, 3.05) is 6.54 Å². The summed E-state index contributed by atoms with van der Waals surface area (Å²) >= 11 is 0. The van der Waals surface area contributed by atoms with Crippen LogP contribution in [0.1, 0.15) is 36.4 Å². The van der Waals surface area contributed by atoms with Crippen LogP contribution in [0.5, 0.6) is 0 Å². The van der Waals surface area contributed by atoms with E-state index in [4.69, 9.17) is 5.73 Å². The second-order valence-corrected chi connectivity index (χ2v) is 5.48. The molecule has 4 heteroatoms. The topological polar surface area (TPSA) is 55.1 Å². The molecule has 0 fully saturated rings. The van der Waals surface area contributed by atoms with Crippen LogP contribution in [0.3, 0.4) is 0 Å². The van der Waals surface area contributed by atoms with Crippen molar-refractivity contribution in [1.29, 1.82) is 0 Å². The van der Waals surface area contributed by atoms with Crippen LogP contribution in [-0.4, -0.2) is 12.5 Å². The minimum atomic E-state index is -0.282. The van der Waals surface area contributed by atoms with Gasteiger partial charge in [0.15, 0.2) is 0 Å². The molecular formula is C18H21FN2O. The zero-order valence-electron chi connectivity index (χ0n) is 12.6. The van der Waals surface area contributed by atoms with Gasteiger partial charge in [-0.25, -0.2) is 4.39 Å². The van der Waals surface area contributed by atoms with Crippen LogP contribution in [0.25, 0.3) is 0 Å². The van der Waals surface area contributed by atoms with E-state index in [-0.39, 0.29) is 23.7 Å². The summed E-state index contributed by atoms with van der Waals surface area (Å²) in [5.74, 6) is -0.400. The fourth-order valence-electron chi connectivity index (χ4n) is 2.32. The molecule has 2 atom stereocenters. The molecule has 0 radical (unpaired) electrons. The Balaban J connectivity index is 1.83. The van der Waals surface area contributed by atoms with Crippen molar-refractivity contribution in [3.05, 3.63) is 71.5 Å². The van der Waals surface area contributed by atoms with Crippen LogP contribution in [0.15, 0.2) is 54.6 Å². The van der Waals surface area contributed by atoms with Crippen LogP contribution in [-0.2, 0) is 4.79 Å².